The van der Waals surface area contributed by atoms with Crippen molar-refractivity contribution in [1.29, 1.82) is 0 Å². The number of carbonyl (C=O) groups is 1. The highest BCUT2D eigenvalue weighted by Crippen LogP contribution is 2.34. The van der Waals surface area contributed by atoms with E-state index in [1.165, 1.54) is 16.8 Å². The number of furan rings is 1. The summed E-state index contributed by atoms with van der Waals surface area (Å²) in [7, 11) is 0. The Labute approximate surface area is 171 Å². The maximum absolute atomic E-state index is 12.6. The lowest BCUT2D eigenvalue weighted by Crippen LogP contribution is -2.37. The Bertz CT molecular complexity index is 995. The van der Waals surface area contributed by atoms with Gasteiger partial charge in [0.25, 0.3) is 5.91 Å². The molecule has 1 aromatic carbocycles. The molecule has 0 spiro atoms. The van der Waals surface area contributed by atoms with Gasteiger partial charge in [-0.3, -0.25) is 9.69 Å². The normalized spacial score (nSPS) is 19.5. The molecular formula is C24H27N3O2. The van der Waals surface area contributed by atoms with Gasteiger partial charge in [-0.2, -0.15) is 0 Å². The van der Waals surface area contributed by atoms with Crippen LogP contribution in [-0.4, -0.2) is 39.9 Å². The van der Waals surface area contributed by atoms with E-state index in [4.69, 9.17) is 4.42 Å². The van der Waals surface area contributed by atoms with Crippen LogP contribution < -0.4 is 0 Å². The Balaban J connectivity index is 1.40. The molecule has 1 saturated heterocycles. The molecule has 0 saturated carbocycles. The number of aryl methyl sites for hydroxylation is 1. The number of likely N-dealkylation sites (tertiary alicyclic amines) is 1. The lowest BCUT2D eigenvalue weighted by atomic mass is 9.99. The fourth-order valence-corrected chi connectivity index (χ4v) is 4.59. The lowest BCUT2D eigenvalue weighted by Gasteiger charge is -2.37. The molecule has 5 nitrogen and oxygen atoms in total. The summed E-state index contributed by atoms with van der Waals surface area (Å²) < 4.78 is 8.33. The van der Waals surface area contributed by atoms with Crippen LogP contribution in [0.1, 0.15) is 52.0 Å². The van der Waals surface area contributed by atoms with Crippen molar-refractivity contribution in [1.82, 2.24) is 14.4 Å². The molecule has 0 radical (unpaired) electrons. The third kappa shape index (κ3) is 3.51. The number of amides is 1. The topological polar surface area (TPSA) is 41.6 Å². The zero-order valence-corrected chi connectivity index (χ0v) is 16.9. The minimum atomic E-state index is 0.0244. The van der Waals surface area contributed by atoms with E-state index in [1.807, 2.05) is 17.0 Å². The first-order valence-electron chi connectivity index (χ1n) is 10.5. The van der Waals surface area contributed by atoms with Gasteiger partial charge in [-0.15, -0.1) is 0 Å². The number of benzene rings is 1. The Morgan fingerprint density at radius 2 is 1.79 bits per heavy atom. The third-order valence-electron chi connectivity index (χ3n) is 6.16. The Morgan fingerprint density at radius 3 is 2.59 bits per heavy atom. The zero-order chi connectivity index (χ0) is 19.8. The molecule has 1 atom stereocenters. The van der Waals surface area contributed by atoms with Crippen molar-refractivity contribution in [2.24, 2.45) is 0 Å². The van der Waals surface area contributed by atoms with E-state index in [1.54, 1.807) is 0 Å². The summed E-state index contributed by atoms with van der Waals surface area (Å²) in [6.07, 6.45) is 4.34. The molecule has 150 valence electrons. The predicted molar refractivity (Wildman–Crippen MR) is 112 cm³/mol. The van der Waals surface area contributed by atoms with Crippen LogP contribution >= 0.6 is 0 Å². The van der Waals surface area contributed by atoms with E-state index in [-0.39, 0.29) is 11.9 Å². The number of rotatable bonds is 4. The van der Waals surface area contributed by atoms with Crippen LogP contribution in [0.3, 0.4) is 0 Å². The van der Waals surface area contributed by atoms with Gasteiger partial charge in [-0.25, -0.2) is 0 Å². The molecule has 0 N–H and O–H groups in total. The summed E-state index contributed by atoms with van der Waals surface area (Å²) in [5, 5.41) is 0. The van der Waals surface area contributed by atoms with Crippen LogP contribution in [-0.2, 0) is 13.1 Å². The number of aromatic nitrogens is 1. The number of nitrogens with zero attached hydrogens (tertiary/aromatic N) is 3. The van der Waals surface area contributed by atoms with Crippen molar-refractivity contribution in [3.05, 3.63) is 83.1 Å². The minimum Gasteiger partial charge on any atom is -0.455 e. The van der Waals surface area contributed by atoms with Crippen molar-refractivity contribution >= 4 is 5.91 Å². The van der Waals surface area contributed by atoms with Gasteiger partial charge in [0.2, 0.25) is 0 Å². The molecule has 0 aliphatic carbocycles. The monoisotopic (exact) mass is 389 g/mol. The van der Waals surface area contributed by atoms with Gasteiger partial charge in [-0.05, 0) is 49.6 Å². The molecule has 1 fully saturated rings. The highest BCUT2D eigenvalue weighted by molar-refractivity contribution is 5.91. The summed E-state index contributed by atoms with van der Waals surface area (Å²) in [4.78, 5) is 17.0. The second kappa shape index (κ2) is 7.56. The molecule has 2 aliphatic rings. The number of hydrogen-bond donors (Lipinski definition) is 0. The first-order valence-corrected chi connectivity index (χ1v) is 10.5. The second-order valence-electron chi connectivity index (χ2n) is 8.18. The standard InChI is InChI=1S/C24H27N3O2/c1-18-6-8-19(9-7-18)23-21-5-4-14-25(21)15-16-27(23)17-20-10-11-22(29-20)24(28)26-12-2-3-13-26/h4-11,14,23H,2-3,12-13,15-17H2,1H3. The maximum atomic E-state index is 12.6. The van der Waals surface area contributed by atoms with Crippen LogP contribution in [0.25, 0.3) is 0 Å². The number of carbonyl (C=O) groups excluding carboxylic acids is 1. The SMILES string of the molecule is Cc1ccc(C2c3cccn3CCN2Cc2ccc(C(=O)N3CCCC3)o2)cc1. The van der Waals surface area contributed by atoms with Gasteiger partial charge in [-0.1, -0.05) is 29.8 Å². The Morgan fingerprint density at radius 1 is 1.00 bits per heavy atom. The molecule has 29 heavy (non-hydrogen) atoms. The molecule has 1 unspecified atom stereocenters. The molecular weight excluding hydrogens is 362 g/mol. The number of hydrogen-bond acceptors (Lipinski definition) is 3. The van der Waals surface area contributed by atoms with Crippen molar-refractivity contribution in [2.75, 3.05) is 19.6 Å². The fourth-order valence-electron chi connectivity index (χ4n) is 4.59. The van der Waals surface area contributed by atoms with Crippen molar-refractivity contribution in [3.63, 3.8) is 0 Å². The maximum Gasteiger partial charge on any atom is 0.289 e. The van der Waals surface area contributed by atoms with Gasteiger partial charge in [0, 0.05) is 38.1 Å². The summed E-state index contributed by atoms with van der Waals surface area (Å²) >= 11 is 0. The van der Waals surface area contributed by atoms with Gasteiger partial charge in [0.05, 0.1) is 12.6 Å². The van der Waals surface area contributed by atoms with E-state index in [0.29, 0.717) is 12.3 Å². The average Bonchev–Trinajstić information content (AvgIpc) is 3.50. The quantitative estimate of drug-likeness (QED) is 0.671. The van der Waals surface area contributed by atoms with E-state index in [9.17, 15) is 4.79 Å². The minimum absolute atomic E-state index is 0.0244. The summed E-state index contributed by atoms with van der Waals surface area (Å²) in [5.41, 5.74) is 3.86. The third-order valence-corrected chi connectivity index (χ3v) is 6.16. The smallest absolute Gasteiger partial charge is 0.289 e. The van der Waals surface area contributed by atoms with E-state index < -0.39 is 0 Å². The van der Waals surface area contributed by atoms with Gasteiger partial charge < -0.3 is 13.9 Å². The van der Waals surface area contributed by atoms with Crippen LogP contribution in [0.4, 0.5) is 0 Å². The molecule has 4 heterocycles. The molecule has 2 aliphatic heterocycles. The van der Waals surface area contributed by atoms with Gasteiger partial charge in [0.15, 0.2) is 5.76 Å². The first kappa shape index (κ1) is 18.3. The average molecular weight is 389 g/mol. The van der Waals surface area contributed by atoms with E-state index in [2.05, 4.69) is 59.0 Å². The van der Waals surface area contributed by atoms with E-state index in [0.717, 1.165) is 44.8 Å². The lowest BCUT2D eigenvalue weighted by molar-refractivity contribution is 0.0755. The van der Waals surface area contributed by atoms with Crippen molar-refractivity contribution < 1.29 is 9.21 Å². The van der Waals surface area contributed by atoms with Crippen LogP contribution in [0.15, 0.2) is 59.1 Å². The molecule has 1 amide bonds. The van der Waals surface area contributed by atoms with Crippen LogP contribution in [0, 0.1) is 6.92 Å². The second-order valence-corrected chi connectivity index (χ2v) is 8.18. The molecule has 2 aromatic heterocycles. The largest absolute Gasteiger partial charge is 0.455 e. The zero-order valence-electron chi connectivity index (χ0n) is 16.9. The van der Waals surface area contributed by atoms with Crippen LogP contribution in [0.5, 0.6) is 0 Å². The summed E-state index contributed by atoms with van der Waals surface area (Å²) in [6, 6.07) is 17.1. The Kier molecular flexibility index (Phi) is 4.76. The molecule has 0 bridgehead atoms. The predicted octanol–water partition coefficient (Wildman–Crippen LogP) is 4.23. The number of fused-ring (bicyclic) bond motifs is 1. The van der Waals surface area contributed by atoms with E-state index >= 15 is 0 Å². The van der Waals surface area contributed by atoms with Crippen molar-refractivity contribution in [2.45, 2.75) is 38.9 Å². The first-order chi connectivity index (χ1) is 14.2. The summed E-state index contributed by atoms with van der Waals surface area (Å²) in [6.45, 7) is 6.39. The Hall–Kier alpha value is -2.79. The summed E-state index contributed by atoms with van der Waals surface area (Å²) in [5.74, 6) is 1.34. The van der Waals surface area contributed by atoms with Crippen LogP contribution in [0.2, 0.25) is 0 Å². The fraction of sp³-hybridized carbons (Fsp3) is 0.375. The highest BCUT2D eigenvalue weighted by Gasteiger charge is 2.30. The molecule has 5 rings (SSSR count). The van der Waals surface area contributed by atoms with Gasteiger partial charge in [0.1, 0.15) is 5.76 Å². The molecule has 5 heteroatoms. The molecule has 3 aromatic rings. The highest BCUT2D eigenvalue weighted by atomic mass is 16.4. The van der Waals surface area contributed by atoms with Crippen molar-refractivity contribution in [3.8, 4) is 0 Å². The van der Waals surface area contributed by atoms with Gasteiger partial charge >= 0.3 is 0 Å².